The molecule has 2 aromatic rings. The number of carbonyl (C=O) groups excluding carboxylic acids is 1. The number of ketones is 1. The molecule has 2 nitrogen and oxygen atoms in total. The third-order valence-corrected chi connectivity index (χ3v) is 2.80. The zero-order chi connectivity index (χ0) is 11.8. The Labute approximate surface area is 97.7 Å². The van der Waals surface area contributed by atoms with Gasteiger partial charge in [-0.3, -0.25) is 4.79 Å². The molecule has 3 rings (SSSR count). The second-order valence-corrected chi connectivity index (χ2v) is 3.93. The standard InChI is InChI=1S/C14H9FO2/c15-11-3-1-2-9(6-11)10-4-5-14-12(7-10)13(16)8-17-14/h1-7H,8H2. The van der Waals surface area contributed by atoms with Crippen molar-refractivity contribution >= 4 is 5.78 Å². The van der Waals surface area contributed by atoms with Crippen LogP contribution in [0.1, 0.15) is 10.4 Å². The fourth-order valence-electron chi connectivity index (χ4n) is 1.94. The van der Waals surface area contributed by atoms with E-state index < -0.39 is 0 Å². The van der Waals surface area contributed by atoms with Crippen molar-refractivity contribution in [2.45, 2.75) is 0 Å². The summed E-state index contributed by atoms with van der Waals surface area (Å²) in [4.78, 5) is 11.5. The minimum Gasteiger partial charge on any atom is -0.485 e. The fraction of sp³-hybridized carbons (Fsp3) is 0.0714. The van der Waals surface area contributed by atoms with Gasteiger partial charge in [-0.25, -0.2) is 4.39 Å². The van der Waals surface area contributed by atoms with E-state index >= 15 is 0 Å². The largest absolute Gasteiger partial charge is 0.485 e. The smallest absolute Gasteiger partial charge is 0.203 e. The number of Topliss-reactive ketones (excluding diaryl/α,β-unsaturated/α-hetero) is 1. The van der Waals surface area contributed by atoms with E-state index in [1.165, 1.54) is 12.1 Å². The highest BCUT2D eigenvalue weighted by Gasteiger charge is 2.21. The van der Waals surface area contributed by atoms with Gasteiger partial charge in [0.1, 0.15) is 11.6 Å². The third-order valence-electron chi connectivity index (χ3n) is 2.80. The molecule has 0 amide bonds. The van der Waals surface area contributed by atoms with E-state index in [1.54, 1.807) is 18.2 Å². The highest BCUT2D eigenvalue weighted by Crippen LogP contribution is 2.30. The predicted molar refractivity (Wildman–Crippen MR) is 61.7 cm³/mol. The van der Waals surface area contributed by atoms with Crippen LogP contribution in [-0.4, -0.2) is 12.4 Å². The van der Waals surface area contributed by atoms with Crippen LogP contribution in [0.4, 0.5) is 4.39 Å². The van der Waals surface area contributed by atoms with E-state index in [-0.39, 0.29) is 18.2 Å². The maximum absolute atomic E-state index is 13.1. The van der Waals surface area contributed by atoms with Gasteiger partial charge in [0, 0.05) is 0 Å². The van der Waals surface area contributed by atoms with Gasteiger partial charge >= 0.3 is 0 Å². The minimum absolute atomic E-state index is 0.0294. The lowest BCUT2D eigenvalue weighted by molar-refractivity contribution is 0.0961. The number of hydrogen-bond acceptors (Lipinski definition) is 2. The van der Waals surface area contributed by atoms with Crippen molar-refractivity contribution in [3.05, 3.63) is 53.8 Å². The molecular weight excluding hydrogens is 219 g/mol. The lowest BCUT2D eigenvalue weighted by Crippen LogP contribution is -1.98. The average Bonchev–Trinajstić information content (AvgIpc) is 2.71. The van der Waals surface area contributed by atoms with Crippen molar-refractivity contribution in [3.8, 4) is 16.9 Å². The van der Waals surface area contributed by atoms with Gasteiger partial charge in [0.25, 0.3) is 0 Å². The first kappa shape index (κ1) is 10.0. The second kappa shape index (κ2) is 3.70. The maximum Gasteiger partial charge on any atom is 0.203 e. The third kappa shape index (κ3) is 1.69. The van der Waals surface area contributed by atoms with Crippen LogP contribution in [0.3, 0.4) is 0 Å². The molecule has 0 aliphatic carbocycles. The van der Waals surface area contributed by atoms with E-state index in [1.807, 2.05) is 12.1 Å². The molecule has 0 bridgehead atoms. The highest BCUT2D eigenvalue weighted by atomic mass is 19.1. The summed E-state index contributed by atoms with van der Waals surface area (Å²) >= 11 is 0. The molecule has 0 fully saturated rings. The predicted octanol–water partition coefficient (Wildman–Crippen LogP) is 3.07. The van der Waals surface area contributed by atoms with Gasteiger partial charge in [-0.05, 0) is 35.4 Å². The van der Waals surface area contributed by atoms with Gasteiger partial charge in [-0.1, -0.05) is 18.2 Å². The van der Waals surface area contributed by atoms with Crippen LogP contribution in [0.5, 0.6) is 5.75 Å². The van der Waals surface area contributed by atoms with Gasteiger partial charge in [-0.2, -0.15) is 0 Å². The number of hydrogen-bond donors (Lipinski definition) is 0. The van der Waals surface area contributed by atoms with Crippen LogP contribution in [0.15, 0.2) is 42.5 Å². The van der Waals surface area contributed by atoms with Crippen molar-refractivity contribution in [3.63, 3.8) is 0 Å². The molecule has 0 unspecified atom stereocenters. The Bertz CT molecular complexity index is 605. The molecule has 0 radical (unpaired) electrons. The maximum atomic E-state index is 13.1. The van der Waals surface area contributed by atoms with Gasteiger partial charge in [0.05, 0.1) is 5.56 Å². The van der Waals surface area contributed by atoms with E-state index in [4.69, 9.17) is 4.74 Å². The van der Waals surface area contributed by atoms with Gasteiger partial charge in [0.15, 0.2) is 6.61 Å². The minimum atomic E-state index is -0.287. The molecule has 17 heavy (non-hydrogen) atoms. The quantitative estimate of drug-likeness (QED) is 0.749. The van der Waals surface area contributed by atoms with E-state index in [9.17, 15) is 9.18 Å². The normalized spacial score (nSPS) is 13.4. The Kier molecular flexibility index (Phi) is 2.18. The van der Waals surface area contributed by atoms with E-state index in [2.05, 4.69) is 0 Å². The van der Waals surface area contributed by atoms with Gasteiger partial charge in [0.2, 0.25) is 5.78 Å². The summed E-state index contributed by atoms with van der Waals surface area (Å²) in [5, 5.41) is 0. The van der Waals surface area contributed by atoms with Crippen molar-refractivity contribution in [2.24, 2.45) is 0 Å². The van der Waals surface area contributed by atoms with Crippen LogP contribution < -0.4 is 4.74 Å². The Morgan fingerprint density at radius 3 is 2.71 bits per heavy atom. The van der Waals surface area contributed by atoms with Gasteiger partial charge < -0.3 is 4.74 Å². The summed E-state index contributed by atoms with van der Waals surface area (Å²) in [5.41, 5.74) is 2.15. The van der Waals surface area contributed by atoms with Crippen LogP contribution in [0.25, 0.3) is 11.1 Å². The van der Waals surface area contributed by atoms with E-state index in [0.29, 0.717) is 11.3 Å². The molecule has 1 heterocycles. The first-order valence-electron chi connectivity index (χ1n) is 5.30. The Balaban J connectivity index is 2.11. The number of carbonyl (C=O) groups is 1. The Hall–Kier alpha value is -2.16. The van der Waals surface area contributed by atoms with Crippen LogP contribution in [0.2, 0.25) is 0 Å². The first-order chi connectivity index (χ1) is 8.24. The average molecular weight is 228 g/mol. The number of halogens is 1. The number of benzene rings is 2. The summed E-state index contributed by atoms with van der Waals surface area (Å²) in [7, 11) is 0. The molecule has 0 aromatic heterocycles. The molecule has 3 heteroatoms. The monoisotopic (exact) mass is 228 g/mol. The Morgan fingerprint density at radius 1 is 1.06 bits per heavy atom. The molecule has 1 aliphatic heterocycles. The number of fused-ring (bicyclic) bond motifs is 1. The molecule has 1 aliphatic rings. The van der Waals surface area contributed by atoms with E-state index in [0.717, 1.165) is 11.1 Å². The molecule has 2 aromatic carbocycles. The zero-order valence-corrected chi connectivity index (χ0v) is 8.94. The number of rotatable bonds is 1. The highest BCUT2D eigenvalue weighted by molar-refractivity contribution is 6.03. The van der Waals surface area contributed by atoms with Crippen molar-refractivity contribution in [1.82, 2.24) is 0 Å². The van der Waals surface area contributed by atoms with Crippen molar-refractivity contribution in [1.29, 1.82) is 0 Å². The van der Waals surface area contributed by atoms with Crippen LogP contribution in [0, 0.1) is 5.82 Å². The summed E-state index contributed by atoms with van der Waals surface area (Å²) in [6.07, 6.45) is 0. The van der Waals surface area contributed by atoms with Crippen LogP contribution in [-0.2, 0) is 0 Å². The summed E-state index contributed by atoms with van der Waals surface area (Å²) in [5.74, 6) is 0.291. The molecule has 0 saturated carbocycles. The van der Waals surface area contributed by atoms with Gasteiger partial charge in [-0.15, -0.1) is 0 Å². The van der Waals surface area contributed by atoms with Crippen molar-refractivity contribution in [2.75, 3.05) is 6.61 Å². The molecule has 84 valence electrons. The van der Waals surface area contributed by atoms with Crippen molar-refractivity contribution < 1.29 is 13.9 Å². The summed E-state index contributed by atoms with van der Waals surface area (Å²) < 4.78 is 18.3. The number of ether oxygens (including phenoxy) is 1. The molecule has 0 saturated heterocycles. The molecular formula is C14H9FO2. The second-order valence-electron chi connectivity index (χ2n) is 3.93. The lowest BCUT2D eigenvalue weighted by Gasteiger charge is -2.03. The molecule has 0 N–H and O–H groups in total. The zero-order valence-electron chi connectivity index (χ0n) is 8.94. The summed E-state index contributed by atoms with van der Waals surface area (Å²) in [6, 6.07) is 11.6. The topological polar surface area (TPSA) is 26.3 Å². The first-order valence-corrected chi connectivity index (χ1v) is 5.30. The molecule has 0 atom stereocenters. The SMILES string of the molecule is O=C1COc2ccc(-c3cccc(F)c3)cc21. The molecule has 0 spiro atoms. The Morgan fingerprint density at radius 2 is 1.88 bits per heavy atom. The lowest BCUT2D eigenvalue weighted by atomic mass is 10.0. The fourth-order valence-corrected chi connectivity index (χ4v) is 1.94. The summed E-state index contributed by atoms with van der Waals surface area (Å²) in [6.45, 7) is 0.0991. The van der Waals surface area contributed by atoms with Crippen LogP contribution >= 0.6 is 0 Å².